The minimum Gasteiger partial charge on any atom is -0.368 e. The number of carbonyl (C=O) groups is 1. The Hall–Kier alpha value is -2.05. The molecule has 138 valence electrons. The van der Waals surface area contributed by atoms with Gasteiger partial charge in [-0.2, -0.15) is 9.97 Å². The van der Waals surface area contributed by atoms with Crippen molar-refractivity contribution in [1.29, 1.82) is 0 Å². The number of nitrogen functional groups attached to an aromatic ring is 1. The van der Waals surface area contributed by atoms with E-state index in [0.717, 1.165) is 76.6 Å². The molecule has 2 aliphatic rings. The Kier molecular flexibility index (Phi) is 5.60. The number of carbonyl (C=O) groups excluding carboxylic acids is 1. The van der Waals surface area contributed by atoms with Crippen molar-refractivity contribution in [2.45, 2.75) is 39.5 Å². The average molecular weight is 346 g/mol. The van der Waals surface area contributed by atoms with Gasteiger partial charge in [-0.15, -0.1) is 0 Å². The number of nitrogens with zero attached hydrogens (tertiary/aromatic N) is 5. The summed E-state index contributed by atoms with van der Waals surface area (Å²) in [7, 11) is 0. The maximum atomic E-state index is 12.7. The quantitative estimate of drug-likeness (QED) is 0.875. The fourth-order valence-electron chi connectivity index (χ4n) is 3.89. The highest BCUT2D eigenvalue weighted by Crippen LogP contribution is 2.27. The van der Waals surface area contributed by atoms with Crippen molar-refractivity contribution >= 4 is 23.5 Å². The number of anilines is 3. The molecule has 2 N–H and O–H groups in total. The first-order chi connectivity index (χ1) is 12.1. The molecule has 3 heterocycles. The van der Waals surface area contributed by atoms with Crippen LogP contribution in [0.2, 0.25) is 0 Å². The number of aromatic nitrogens is 2. The van der Waals surface area contributed by atoms with Crippen molar-refractivity contribution in [1.82, 2.24) is 14.9 Å². The molecular formula is C18H30N6O. The van der Waals surface area contributed by atoms with E-state index in [9.17, 15) is 4.79 Å². The number of amides is 1. The summed E-state index contributed by atoms with van der Waals surface area (Å²) in [5, 5.41) is 0. The summed E-state index contributed by atoms with van der Waals surface area (Å²) in [5.74, 6) is 2.38. The third-order valence-corrected chi connectivity index (χ3v) is 5.32. The van der Waals surface area contributed by atoms with E-state index in [4.69, 9.17) is 5.73 Å². The number of likely N-dealkylation sites (tertiary alicyclic amines) is 1. The van der Waals surface area contributed by atoms with Gasteiger partial charge in [0.1, 0.15) is 11.6 Å². The van der Waals surface area contributed by atoms with Crippen LogP contribution < -0.4 is 15.5 Å². The third-order valence-electron chi connectivity index (χ3n) is 5.32. The zero-order valence-electron chi connectivity index (χ0n) is 15.4. The van der Waals surface area contributed by atoms with E-state index in [1.54, 1.807) is 0 Å². The highest BCUT2D eigenvalue weighted by molar-refractivity contribution is 5.80. The molecule has 3 rings (SSSR count). The second-order valence-corrected chi connectivity index (χ2v) is 6.93. The largest absolute Gasteiger partial charge is 0.368 e. The van der Waals surface area contributed by atoms with Gasteiger partial charge in [0, 0.05) is 45.3 Å². The smallest absolute Gasteiger partial charge is 0.227 e. The topological polar surface area (TPSA) is 78.6 Å². The van der Waals surface area contributed by atoms with Gasteiger partial charge in [-0.05, 0) is 39.5 Å². The van der Waals surface area contributed by atoms with Gasteiger partial charge < -0.3 is 20.4 Å². The van der Waals surface area contributed by atoms with E-state index in [1.807, 2.05) is 11.0 Å². The van der Waals surface area contributed by atoms with Crippen molar-refractivity contribution in [2.24, 2.45) is 5.92 Å². The number of nitrogens with two attached hydrogens (primary N) is 1. The molecule has 1 amide bonds. The van der Waals surface area contributed by atoms with Gasteiger partial charge in [-0.3, -0.25) is 4.79 Å². The summed E-state index contributed by atoms with van der Waals surface area (Å²) in [6.07, 6.45) is 4.25. The number of rotatable bonds is 5. The molecule has 2 saturated heterocycles. The number of hydrogen-bond donors (Lipinski definition) is 1. The molecule has 0 unspecified atom stereocenters. The Morgan fingerprint density at radius 3 is 2.60 bits per heavy atom. The standard InChI is InChI=1S/C18H30N6O/c1-3-22(4-2)15-12-16(21-18(19)20-15)24-11-7-8-14(13-24)17(25)23-9-5-6-10-23/h12,14H,3-11,13H2,1-2H3,(H2,19,20,21)/t14-/m0/s1. The predicted octanol–water partition coefficient (Wildman–Crippen LogP) is 1.74. The molecule has 7 heteroatoms. The van der Waals surface area contributed by atoms with Crippen LogP contribution in [0.25, 0.3) is 0 Å². The van der Waals surface area contributed by atoms with Gasteiger partial charge in [0.2, 0.25) is 11.9 Å². The Morgan fingerprint density at radius 1 is 1.20 bits per heavy atom. The number of piperidine rings is 1. The molecule has 1 aromatic heterocycles. The maximum Gasteiger partial charge on any atom is 0.227 e. The van der Waals surface area contributed by atoms with Crippen molar-refractivity contribution in [3.05, 3.63) is 6.07 Å². The van der Waals surface area contributed by atoms with Crippen LogP contribution in [0, 0.1) is 5.92 Å². The van der Waals surface area contributed by atoms with Gasteiger partial charge in [-0.1, -0.05) is 0 Å². The van der Waals surface area contributed by atoms with Gasteiger partial charge in [-0.25, -0.2) is 0 Å². The normalized spacial score (nSPS) is 20.8. The highest BCUT2D eigenvalue weighted by Gasteiger charge is 2.31. The van der Waals surface area contributed by atoms with Crippen LogP contribution in [-0.2, 0) is 4.79 Å². The summed E-state index contributed by atoms with van der Waals surface area (Å²) in [6, 6.07) is 2.01. The lowest BCUT2D eigenvalue weighted by Crippen LogP contribution is -2.44. The van der Waals surface area contributed by atoms with Crippen LogP contribution in [0.5, 0.6) is 0 Å². The first-order valence-corrected chi connectivity index (χ1v) is 9.55. The predicted molar refractivity (Wildman–Crippen MR) is 101 cm³/mol. The van der Waals surface area contributed by atoms with Crippen LogP contribution in [0.1, 0.15) is 39.5 Å². The molecule has 2 fully saturated rings. The van der Waals surface area contributed by atoms with E-state index in [-0.39, 0.29) is 5.92 Å². The Balaban J connectivity index is 1.75. The molecule has 0 radical (unpaired) electrons. The van der Waals surface area contributed by atoms with Crippen LogP contribution in [0.3, 0.4) is 0 Å². The Morgan fingerprint density at radius 2 is 1.92 bits per heavy atom. The summed E-state index contributed by atoms with van der Waals surface area (Å²) >= 11 is 0. The molecule has 0 bridgehead atoms. The van der Waals surface area contributed by atoms with Crippen molar-refractivity contribution < 1.29 is 4.79 Å². The molecule has 1 atom stereocenters. The lowest BCUT2D eigenvalue weighted by molar-refractivity contribution is -0.134. The first-order valence-electron chi connectivity index (χ1n) is 9.55. The van der Waals surface area contributed by atoms with E-state index in [2.05, 4.69) is 33.6 Å². The minimum absolute atomic E-state index is 0.0694. The van der Waals surface area contributed by atoms with Gasteiger partial charge in [0.15, 0.2) is 0 Å². The lowest BCUT2D eigenvalue weighted by Gasteiger charge is -2.35. The minimum atomic E-state index is 0.0694. The monoisotopic (exact) mass is 346 g/mol. The van der Waals surface area contributed by atoms with Gasteiger partial charge >= 0.3 is 0 Å². The van der Waals surface area contributed by atoms with Crippen LogP contribution in [-0.4, -0.2) is 60.0 Å². The summed E-state index contributed by atoms with van der Waals surface area (Å²) in [5.41, 5.74) is 5.96. The molecule has 0 aliphatic carbocycles. The Labute approximate surface area is 150 Å². The first kappa shape index (κ1) is 17.8. The van der Waals surface area contributed by atoms with Crippen LogP contribution in [0.15, 0.2) is 6.07 Å². The fourth-order valence-corrected chi connectivity index (χ4v) is 3.89. The Bertz CT molecular complexity index is 597. The summed E-state index contributed by atoms with van der Waals surface area (Å²) in [4.78, 5) is 28.0. The zero-order chi connectivity index (χ0) is 17.8. The van der Waals surface area contributed by atoms with Crippen molar-refractivity contribution in [3.8, 4) is 0 Å². The molecule has 0 aromatic carbocycles. The average Bonchev–Trinajstić information content (AvgIpc) is 3.16. The number of hydrogen-bond acceptors (Lipinski definition) is 6. The second kappa shape index (κ2) is 7.89. The molecule has 7 nitrogen and oxygen atoms in total. The third kappa shape index (κ3) is 3.96. The molecule has 25 heavy (non-hydrogen) atoms. The van der Waals surface area contributed by atoms with Crippen molar-refractivity contribution in [3.63, 3.8) is 0 Å². The van der Waals surface area contributed by atoms with E-state index in [0.29, 0.717) is 11.9 Å². The molecule has 0 saturated carbocycles. The fraction of sp³-hybridized carbons (Fsp3) is 0.722. The van der Waals surface area contributed by atoms with Crippen LogP contribution >= 0.6 is 0 Å². The zero-order valence-corrected chi connectivity index (χ0v) is 15.4. The van der Waals surface area contributed by atoms with E-state index >= 15 is 0 Å². The second-order valence-electron chi connectivity index (χ2n) is 6.93. The van der Waals surface area contributed by atoms with Gasteiger partial charge in [0.05, 0.1) is 5.92 Å². The molecule has 2 aliphatic heterocycles. The molecule has 0 spiro atoms. The van der Waals surface area contributed by atoms with Crippen LogP contribution in [0.4, 0.5) is 17.6 Å². The van der Waals surface area contributed by atoms with Gasteiger partial charge in [0.25, 0.3) is 0 Å². The summed E-state index contributed by atoms with van der Waals surface area (Å²) in [6.45, 7) is 9.44. The highest BCUT2D eigenvalue weighted by atomic mass is 16.2. The lowest BCUT2D eigenvalue weighted by atomic mass is 9.96. The summed E-state index contributed by atoms with van der Waals surface area (Å²) < 4.78 is 0. The SMILES string of the molecule is CCN(CC)c1cc(N2CCC[C@H](C(=O)N3CCCC3)C2)nc(N)n1. The van der Waals surface area contributed by atoms with E-state index < -0.39 is 0 Å². The molecule has 1 aromatic rings. The van der Waals surface area contributed by atoms with Crippen molar-refractivity contribution in [2.75, 3.05) is 54.8 Å². The molecular weight excluding hydrogens is 316 g/mol. The van der Waals surface area contributed by atoms with E-state index in [1.165, 1.54) is 0 Å². The maximum absolute atomic E-state index is 12.7.